The summed E-state index contributed by atoms with van der Waals surface area (Å²) in [4.78, 5) is 26.2. The van der Waals surface area contributed by atoms with E-state index in [0.29, 0.717) is 78.3 Å². The van der Waals surface area contributed by atoms with E-state index in [9.17, 15) is 0 Å². The Balaban J connectivity index is 1.35. The summed E-state index contributed by atoms with van der Waals surface area (Å²) in [5, 5.41) is 0. The Bertz CT molecular complexity index is 4100. The van der Waals surface area contributed by atoms with Crippen molar-refractivity contribution in [2.24, 2.45) is 0 Å². The summed E-state index contributed by atoms with van der Waals surface area (Å²) in [6.07, 6.45) is -5.08. The van der Waals surface area contributed by atoms with Gasteiger partial charge >= 0.3 is 6.18 Å². The maximum absolute atomic E-state index is 17.6. The van der Waals surface area contributed by atoms with E-state index >= 15 is 13.2 Å². The molecule has 5 aromatic heterocycles. The lowest BCUT2D eigenvalue weighted by Crippen LogP contribution is -2.23. The van der Waals surface area contributed by atoms with Crippen LogP contribution in [0.25, 0.3) is 113 Å². The highest BCUT2D eigenvalue weighted by molar-refractivity contribution is 5.93. The van der Waals surface area contributed by atoms with Crippen LogP contribution in [0.4, 0.5) is 13.2 Å². The molecule has 13 aromatic rings. The van der Waals surface area contributed by atoms with Crippen molar-refractivity contribution >= 4 is 44.1 Å². The Hall–Kier alpha value is -9.42. The van der Waals surface area contributed by atoms with Gasteiger partial charge in [0, 0.05) is 22.3 Å². The van der Waals surface area contributed by atoms with Gasteiger partial charge in [0.05, 0.1) is 49.8 Å². The first kappa shape index (κ1) is 40.8. The summed E-state index contributed by atoms with van der Waals surface area (Å²) in [7, 11) is 0. The van der Waals surface area contributed by atoms with Gasteiger partial charge in [-0.25, -0.2) is 24.9 Å². The molecule has 70 heavy (non-hydrogen) atoms. The fourth-order valence-corrected chi connectivity index (χ4v) is 9.65. The Morgan fingerprint density at radius 3 is 0.886 bits per heavy atom. The van der Waals surface area contributed by atoms with Gasteiger partial charge in [-0.2, -0.15) is 13.2 Å². The van der Waals surface area contributed by atoms with Crippen LogP contribution in [-0.2, 0) is 6.18 Å². The van der Waals surface area contributed by atoms with Crippen LogP contribution >= 0.6 is 0 Å². The van der Waals surface area contributed by atoms with Crippen molar-refractivity contribution in [2.75, 3.05) is 0 Å². The van der Waals surface area contributed by atoms with Gasteiger partial charge in [-0.05, 0) is 48.5 Å². The SMILES string of the molecule is FC(F)(F)c1c(-n2c(-c3ccccc3)nc3ccccc32)nc(-n2c(-c3ccccc3)nc3ccccc32)c(-n2c(-c3ccccc3)nc3ccccc32)c1-n1c(-c2ccccc2)nc2ccccc21. The third kappa shape index (κ3) is 6.52. The van der Waals surface area contributed by atoms with Gasteiger partial charge in [-0.3, -0.25) is 18.3 Å². The lowest BCUT2D eigenvalue weighted by atomic mass is 10.1. The van der Waals surface area contributed by atoms with Crippen molar-refractivity contribution in [3.8, 4) is 68.6 Å². The molecule has 0 fully saturated rings. The summed E-state index contributed by atoms with van der Waals surface area (Å²) >= 11 is 0. The lowest BCUT2D eigenvalue weighted by Gasteiger charge is -2.27. The Morgan fingerprint density at radius 2 is 0.543 bits per heavy atom. The highest BCUT2D eigenvalue weighted by Gasteiger charge is 2.44. The predicted octanol–water partition coefficient (Wildman–Crippen LogP) is 14.1. The maximum Gasteiger partial charge on any atom is 0.422 e. The molecule has 0 aliphatic heterocycles. The molecule has 0 radical (unpaired) electrons. The number of fused-ring (bicyclic) bond motifs is 4. The third-order valence-corrected chi connectivity index (χ3v) is 12.6. The summed E-state index contributed by atoms with van der Waals surface area (Å²) < 4.78 is 59.8. The average molecular weight is 916 g/mol. The first-order valence-electron chi connectivity index (χ1n) is 22.7. The first-order chi connectivity index (χ1) is 34.4. The van der Waals surface area contributed by atoms with Crippen LogP contribution in [0, 0.1) is 0 Å². The van der Waals surface area contributed by atoms with E-state index in [1.165, 1.54) is 0 Å². The number of nitrogens with zero attached hydrogens (tertiary/aromatic N) is 9. The van der Waals surface area contributed by atoms with E-state index in [0.717, 1.165) is 5.56 Å². The Labute approximate surface area is 397 Å². The largest absolute Gasteiger partial charge is 0.422 e. The predicted molar refractivity (Wildman–Crippen MR) is 269 cm³/mol. The average Bonchev–Trinajstić information content (AvgIpc) is 4.19. The molecule has 0 aliphatic carbocycles. The molecular weight excluding hydrogens is 880 g/mol. The number of para-hydroxylation sites is 8. The number of benzene rings is 8. The zero-order valence-electron chi connectivity index (χ0n) is 36.9. The summed E-state index contributed by atoms with van der Waals surface area (Å²) in [6, 6.07) is 67.4. The minimum Gasteiger partial charge on any atom is -0.289 e. The smallest absolute Gasteiger partial charge is 0.289 e. The van der Waals surface area contributed by atoms with Crippen molar-refractivity contribution in [1.82, 2.24) is 43.2 Å². The molecule has 9 nitrogen and oxygen atoms in total. The van der Waals surface area contributed by atoms with Crippen LogP contribution in [0.3, 0.4) is 0 Å². The van der Waals surface area contributed by atoms with Gasteiger partial charge in [0.2, 0.25) is 0 Å². The molecule has 0 amide bonds. The summed E-state index contributed by atoms with van der Waals surface area (Å²) in [6.45, 7) is 0. The minimum atomic E-state index is -5.08. The molecule has 0 bridgehead atoms. The fraction of sp³-hybridized carbons (Fsp3) is 0.0172. The van der Waals surface area contributed by atoms with Crippen LogP contribution in [-0.4, -0.2) is 43.2 Å². The maximum atomic E-state index is 17.6. The number of imidazole rings is 4. The molecule has 0 atom stereocenters. The van der Waals surface area contributed by atoms with Crippen LogP contribution in [0.5, 0.6) is 0 Å². The molecule has 8 aromatic carbocycles. The van der Waals surface area contributed by atoms with Gasteiger partial charge in [0.15, 0.2) is 11.6 Å². The number of aromatic nitrogens is 9. The van der Waals surface area contributed by atoms with E-state index < -0.39 is 17.6 Å². The topological polar surface area (TPSA) is 84.2 Å². The molecular formula is C58H36F3N9. The quantitative estimate of drug-likeness (QED) is 0.152. The monoisotopic (exact) mass is 915 g/mol. The van der Waals surface area contributed by atoms with Gasteiger partial charge < -0.3 is 0 Å². The van der Waals surface area contributed by atoms with Crippen LogP contribution in [0.15, 0.2) is 218 Å². The molecule has 13 rings (SSSR count). The standard InChI is InChI=1S/C58H36F3N9/c59-58(60,61)49-50(67-45-33-17-13-29-41(45)62-52(67)37-21-5-1-6-22-37)51(68-46-34-18-14-30-42(46)63-53(68)38-23-7-2-8-24-38)57(70-48-36-20-16-32-44(48)65-55(70)40-27-11-4-12-28-40)66-56(49)69-47-35-19-15-31-43(47)64-54(69)39-25-9-3-10-26-39/h1-36H. The van der Waals surface area contributed by atoms with Crippen molar-refractivity contribution in [2.45, 2.75) is 6.18 Å². The molecule has 0 spiro atoms. The highest BCUT2D eigenvalue weighted by Crippen LogP contribution is 2.49. The molecule has 0 saturated heterocycles. The van der Waals surface area contributed by atoms with Gasteiger partial charge in [0.1, 0.15) is 34.5 Å². The number of alkyl halides is 3. The second-order valence-electron chi connectivity index (χ2n) is 16.8. The highest BCUT2D eigenvalue weighted by atomic mass is 19.4. The zero-order chi connectivity index (χ0) is 46.9. The number of hydrogen-bond donors (Lipinski definition) is 0. The Kier molecular flexibility index (Phi) is 9.41. The van der Waals surface area contributed by atoms with Crippen molar-refractivity contribution in [1.29, 1.82) is 0 Å². The van der Waals surface area contributed by atoms with Gasteiger partial charge in [0.25, 0.3) is 0 Å². The van der Waals surface area contributed by atoms with E-state index in [1.807, 2.05) is 209 Å². The number of halogens is 3. The molecule has 5 heterocycles. The van der Waals surface area contributed by atoms with Gasteiger partial charge in [-0.1, -0.05) is 170 Å². The van der Waals surface area contributed by atoms with E-state index in [1.54, 1.807) is 27.3 Å². The van der Waals surface area contributed by atoms with Crippen molar-refractivity contribution in [3.63, 3.8) is 0 Å². The second-order valence-corrected chi connectivity index (χ2v) is 16.8. The molecule has 0 aliphatic rings. The second kappa shape index (κ2) is 16.1. The molecule has 0 unspecified atom stereocenters. The summed E-state index contributed by atoms with van der Waals surface area (Å²) in [5.41, 5.74) is 5.68. The first-order valence-corrected chi connectivity index (χ1v) is 22.7. The van der Waals surface area contributed by atoms with Gasteiger partial charge in [-0.15, -0.1) is 0 Å². The number of pyridine rings is 1. The van der Waals surface area contributed by atoms with Crippen LogP contribution < -0.4 is 0 Å². The van der Waals surface area contributed by atoms with Crippen molar-refractivity contribution < 1.29 is 13.2 Å². The lowest BCUT2D eigenvalue weighted by molar-refractivity contribution is -0.137. The Morgan fingerprint density at radius 1 is 0.271 bits per heavy atom. The van der Waals surface area contributed by atoms with E-state index in [4.69, 9.17) is 24.9 Å². The molecule has 334 valence electrons. The minimum absolute atomic E-state index is 0.0926. The summed E-state index contributed by atoms with van der Waals surface area (Å²) in [5.74, 6) is 1.20. The number of hydrogen-bond acceptors (Lipinski definition) is 5. The zero-order valence-corrected chi connectivity index (χ0v) is 36.9. The fourth-order valence-electron chi connectivity index (χ4n) is 9.65. The molecule has 0 saturated carbocycles. The van der Waals surface area contributed by atoms with E-state index in [-0.39, 0.29) is 23.0 Å². The normalized spacial score (nSPS) is 11.9. The molecule has 0 N–H and O–H groups in total. The molecule has 12 heteroatoms. The van der Waals surface area contributed by atoms with E-state index in [2.05, 4.69) is 0 Å². The van der Waals surface area contributed by atoms with Crippen LogP contribution in [0.2, 0.25) is 0 Å². The number of rotatable bonds is 8. The van der Waals surface area contributed by atoms with Crippen LogP contribution in [0.1, 0.15) is 5.56 Å². The third-order valence-electron chi connectivity index (χ3n) is 12.6. The van der Waals surface area contributed by atoms with Crippen molar-refractivity contribution in [3.05, 3.63) is 224 Å².